The van der Waals surface area contributed by atoms with Crippen LogP contribution in [0.15, 0.2) is 24.3 Å². The van der Waals surface area contributed by atoms with Crippen LogP contribution in [0.2, 0.25) is 5.02 Å². The molecule has 1 aromatic rings. The number of halogens is 1. The number of ether oxygens (including phenoxy) is 1. The summed E-state index contributed by atoms with van der Waals surface area (Å²) in [7, 11) is 0. The zero-order chi connectivity index (χ0) is 13.7. The number of carbonyl (C=O) groups is 1. The molecule has 104 valence electrons. The molecule has 1 aliphatic heterocycles. The minimum Gasteiger partial charge on any atom is -0.480 e. The average Bonchev–Trinajstić information content (AvgIpc) is 2.65. The molecule has 1 fully saturated rings. The van der Waals surface area contributed by atoms with Gasteiger partial charge in [0.1, 0.15) is 6.54 Å². The molecule has 1 atom stereocenters. The summed E-state index contributed by atoms with van der Waals surface area (Å²) in [6.07, 6.45) is 2.78. The Morgan fingerprint density at radius 3 is 2.74 bits per heavy atom. The monoisotopic (exact) mass is 283 g/mol. The average molecular weight is 284 g/mol. The number of nitrogens with zero attached hydrogens (tertiary/aromatic N) is 1. The summed E-state index contributed by atoms with van der Waals surface area (Å²) in [4.78, 5) is 13.0. The van der Waals surface area contributed by atoms with Crippen molar-refractivity contribution in [3.8, 4) is 0 Å². The summed E-state index contributed by atoms with van der Waals surface area (Å²) < 4.78 is 5.44. The van der Waals surface area contributed by atoms with Gasteiger partial charge in [-0.25, -0.2) is 0 Å². The molecule has 0 saturated carbocycles. The van der Waals surface area contributed by atoms with Gasteiger partial charge < -0.3 is 14.7 Å². The molecule has 1 saturated heterocycles. The highest BCUT2D eigenvalue weighted by molar-refractivity contribution is 6.30. The summed E-state index contributed by atoms with van der Waals surface area (Å²) in [5.41, 5.74) is 0.902. The first-order valence-corrected chi connectivity index (χ1v) is 6.86. The van der Waals surface area contributed by atoms with Crippen LogP contribution in [0.4, 0.5) is 5.69 Å². The van der Waals surface area contributed by atoms with Crippen LogP contribution in [0.3, 0.4) is 0 Å². The van der Waals surface area contributed by atoms with Gasteiger partial charge in [0.2, 0.25) is 0 Å². The highest BCUT2D eigenvalue weighted by Crippen LogP contribution is 2.24. The van der Waals surface area contributed by atoms with E-state index < -0.39 is 5.97 Å². The van der Waals surface area contributed by atoms with Crippen molar-refractivity contribution in [3.63, 3.8) is 0 Å². The van der Waals surface area contributed by atoms with Crippen molar-refractivity contribution in [1.82, 2.24) is 0 Å². The zero-order valence-electron chi connectivity index (χ0n) is 10.7. The zero-order valence-corrected chi connectivity index (χ0v) is 11.5. The topological polar surface area (TPSA) is 49.8 Å². The van der Waals surface area contributed by atoms with E-state index in [0.29, 0.717) is 11.6 Å². The molecule has 0 aliphatic carbocycles. The number of hydrogen-bond acceptors (Lipinski definition) is 3. The van der Waals surface area contributed by atoms with Crippen LogP contribution in [0.5, 0.6) is 0 Å². The van der Waals surface area contributed by atoms with Crippen molar-refractivity contribution in [2.24, 2.45) is 0 Å². The number of carboxylic acid groups (broad SMARTS) is 1. The molecule has 4 nitrogen and oxygen atoms in total. The molecule has 0 bridgehead atoms. The predicted octanol–water partition coefficient (Wildman–Crippen LogP) is 2.80. The third-order valence-electron chi connectivity index (χ3n) is 3.33. The molecule has 0 radical (unpaired) electrons. The number of hydrogen-bond donors (Lipinski definition) is 1. The van der Waals surface area contributed by atoms with Crippen molar-refractivity contribution >= 4 is 23.3 Å². The minimum atomic E-state index is -0.819. The van der Waals surface area contributed by atoms with Gasteiger partial charge in [0.25, 0.3) is 0 Å². The van der Waals surface area contributed by atoms with Gasteiger partial charge in [0.15, 0.2) is 0 Å². The quantitative estimate of drug-likeness (QED) is 0.923. The third kappa shape index (κ3) is 4.11. The normalized spacial score (nSPS) is 19.7. The van der Waals surface area contributed by atoms with Gasteiger partial charge in [-0.05, 0) is 43.5 Å². The Labute approximate surface area is 117 Å². The van der Waals surface area contributed by atoms with Crippen molar-refractivity contribution in [2.75, 3.05) is 24.7 Å². The maximum Gasteiger partial charge on any atom is 0.323 e. The molecule has 1 heterocycles. The van der Waals surface area contributed by atoms with E-state index in [1.54, 1.807) is 12.1 Å². The van der Waals surface area contributed by atoms with Crippen molar-refractivity contribution in [2.45, 2.75) is 25.3 Å². The van der Waals surface area contributed by atoms with Gasteiger partial charge >= 0.3 is 5.97 Å². The maximum absolute atomic E-state index is 11.1. The van der Waals surface area contributed by atoms with Crippen LogP contribution in [-0.4, -0.2) is 36.9 Å². The van der Waals surface area contributed by atoms with E-state index in [9.17, 15) is 4.79 Å². The number of rotatable bonds is 4. The highest BCUT2D eigenvalue weighted by atomic mass is 35.5. The fourth-order valence-corrected chi connectivity index (χ4v) is 2.53. The Balaban J connectivity index is 2.18. The van der Waals surface area contributed by atoms with Crippen LogP contribution < -0.4 is 4.90 Å². The summed E-state index contributed by atoms with van der Waals surface area (Å²) in [6, 6.07) is 7.53. The van der Waals surface area contributed by atoms with E-state index in [1.165, 1.54) is 0 Å². The lowest BCUT2D eigenvalue weighted by molar-refractivity contribution is -0.135. The fraction of sp³-hybridized carbons (Fsp3) is 0.500. The Hall–Kier alpha value is -1.26. The second-order valence-electron chi connectivity index (χ2n) is 4.70. The van der Waals surface area contributed by atoms with E-state index in [-0.39, 0.29) is 12.6 Å². The maximum atomic E-state index is 11.1. The summed E-state index contributed by atoms with van der Waals surface area (Å²) >= 11 is 5.88. The number of carboxylic acids is 1. The molecule has 0 aromatic heterocycles. The first kappa shape index (κ1) is 14.2. The Bertz CT molecular complexity index is 413. The van der Waals surface area contributed by atoms with Gasteiger partial charge in [-0.2, -0.15) is 0 Å². The predicted molar refractivity (Wildman–Crippen MR) is 74.9 cm³/mol. The van der Waals surface area contributed by atoms with Crippen molar-refractivity contribution in [3.05, 3.63) is 29.3 Å². The molecule has 1 unspecified atom stereocenters. The van der Waals surface area contributed by atoms with Gasteiger partial charge in [-0.1, -0.05) is 11.6 Å². The fourth-order valence-electron chi connectivity index (χ4n) is 2.41. The molecule has 19 heavy (non-hydrogen) atoms. The Morgan fingerprint density at radius 1 is 1.32 bits per heavy atom. The van der Waals surface area contributed by atoms with E-state index in [1.807, 2.05) is 17.0 Å². The van der Waals surface area contributed by atoms with Crippen LogP contribution in [-0.2, 0) is 9.53 Å². The molecular weight excluding hydrogens is 266 g/mol. The van der Waals surface area contributed by atoms with Crippen LogP contribution in [0.25, 0.3) is 0 Å². The number of anilines is 1. The molecule has 1 aromatic carbocycles. The van der Waals surface area contributed by atoms with Gasteiger partial charge in [0, 0.05) is 30.0 Å². The Kier molecular flexibility index (Phi) is 5.05. The first-order valence-electron chi connectivity index (χ1n) is 6.48. The molecule has 1 N–H and O–H groups in total. The van der Waals surface area contributed by atoms with E-state index in [0.717, 1.165) is 31.6 Å². The van der Waals surface area contributed by atoms with Crippen LogP contribution in [0, 0.1) is 0 Å². The first-order chi connectivity index (χ1) is 9.16. The lowest BCUT2D eigenvalue weighted by Gasteiger charge is -2.31. The van der Waals surface area contributed by atoms with Crippen molar-refractivity contribution in [1.29, 1.82) is 0 Å². The highest BCUT2D eigenvalue weighted by Gasteiger charge is 2.22. The summed E-state index contributed by atoms with van der Waals surface area (Å²) in [6.45, 7) is 1.46. The minimum absolute atomic E-state index is 0.00625. The second-order valence-corrected chi connectivity index (χ2v) is 5.13. The number of aliphatic carboxylic acids is 1. The largest absolute Gasteiger partial charge is 0.480 e. The summed E-state index contributed by atoms with van der Waals surface area (Å²) in [5, 5.41) is 9.76. The summed E-state index contributed by atoms with van der Waals surface area (Å²) in [5.74, 6) is -0.819. The van der Waals surface area contributed by atoms with Crippen LogP contribution >= 0.6 is 11.6 Å². The Morgan fingerprint density at radius 2 is 2.05 bits per heavy atom. The van der Waals surface area contributed by atoms with Gasteiger partial charge in [0.05, 0.1) is 0 Å². The smallest absolute Gasteiger partial charge is 0.323 e. The SMILES string of the molecule is O=C(O)CN(c1ccc(Cl)cc1)C1CCCOCC1. The second kappa shape index (κ2) is 6.78. The molecule has 0 spiro atoms. The lowest BCUT2D eigenvalue weighted by atomic mass is 10.1. The standard InChI is InChI=1S/C14H18ClNO3/c15-11-3-5-13(6-4-11)16(10-14(17)18)12-2-1-8-19-9-7-12/h3-6,12H,1-2,7-10H2,(H,17,18). The molecule has 1 aliphatic rings. The molecular formula is C14H18ClNO3. The molecule has 2 rings (SSSR count). The van der Waals surface area contributed by atoms with Crippen molar-refractivity contribution < 1.29 is 14.6 Å². The van der Waals surface area contributed by atoms with E-state index in [4.69, 9.17) is 21.4 Å². The van der Waals surface area contributed by atoms with E-state index >= 15 is 0 Å². The molecule has 0 amide bonds. The van der Waals surface area contributed by atoms with Crippen LogP contribution in [0.1, 0.15) is 19.3 Å². The van der Waals surface area contributed by atoms with E-state index in [2.05, 4.69) is 0 Å². The van der Waals surface area contributed by atoms with Gasteiger partial charge in [-0.15, -0.1) is 0 Å². The van der Waals surface area contributed by atoms with Gasteiger partial charge in [-0.3, -0.25) is 4.79 Å². The number of benzene rings is 1. The third-order valence-corrected chi connectivity index (χ3v) is 3.58. The molecule has 5 heteroatoms. The lowest BCUT2D eigenvalue weighted by Crippen LogP contribution is -2.39.